The Bertz CT molecular complexity index is 1250. The molecule has 0 saturated carbocycles. The molecule has 0 aliphatic heterocycles. The highest BCUT2D eigenvalue weighted by Crippen LogP contribution is 2.29. The first-order chi connectivity index (χ1) is 16.2. The molecule has 0 fully saturated rings. The van der Waals surface area contributed by atoms with Gasteiger partial charge in [0, 0.05) is 29.9 Å². The van der Waals surface area contributed by atoms with Crippen molar-refractivity contribution < 1.29 is 19.1 Å². The zero-order chi connectivity index (χ0) is 24.8. The molecule has 10 heteroatoms. The van der Waals surface area contributed by atoms with Crippen LogP contribution in [0.25, 0.3) is 0 Å². The number of halogens is 3. The first kappa shape index (κ1) is 25.6. The largest absolute Gasteiger partial charge is 0.481 e. The molecule has 3 rings (SSSR count). The molecule has 176 valence electrons. The van der Waals surface area contributed by atoms with Crippen LogP contribution in [0.3, 0.4) is 0 Å². The summed E-state index contributed by atoms with van der Waals surface area (Å²) in [5.41, 5.74) is 1.45. The van der Waals surface area contributed by atoms with Crippen molar-refractivity contribution in [3.05, 3.63) is 80.7 Å². The van der Waals surface area contributed by atoms with E-state index in [0.29, 0.717) is 33.3 Å². The van der Waals surface area contributed by atoms with Gasteiger partial charge in [0.25, 0.3) is 0 Å². The number of ether oxygens (including phenoxy) is 1. The second kappa shape index (κ2) is 11.4. The number of hydrogen-bond acceptors (Lipinski definition) is 6. The minimum absolute atomic E-state index is 0.0827. The van der Waals surface area contributed by atoms with Gasteiger partial charge < -0.3 is 9.64 Å². The average molecular weight is 521 g/mol. The highest BCUT2D eigenvalue weighted by molar-refractivity contribution is 6.42. The minimum Gasteiger partial charge on any atom is -0.481 e. The fourth-order valence-electron chi connectivity index (χ4n) is 3.13. The zero-order valence-electron chi connectivity index (χ0n) is 18.3. The highest BCUT2D eigenvalue weighted by atomic mass is 35.5. The monoisotopic (exact) mass is 519 g/mol. The van der Waals surface area contributed by atoms with Crippen LogP contribution in [0.15, 0.2) is 48.7 Å². The number of anilines is 1. The number of nitrogens with zero attached hydrogens (tertiary/aromatic N) is 3. The number of carbonyl (C=O) groups is 3. The van der Waals surface area contributed by atoms with Crippen LogP contribution in [-0.2, 0) is 11.3 Å². The number of ketones is 2. The van der Waals surface area contributed by atoms with Crippen molar-refractivity contribution in [3.63, 3.8) is 0 Å². The van der Waals surface area contributed by atoms with Crippen LogP contribution in [0, 0.1) is 0 Å². The average Bonchev–Trinajstić information content (AvgIpc) is 2.84. The van der Waals surface area contributed by atoms with Crippen molar-refractivity contribution in [2.45, 2.75) is 26.3 Å². The Balaban J connectivity index is 1.94. The van der Waals surface area contributed by atoms with Crippen molar-refractivity contribution in [2.24, 2.45) is 0 Å². The normalized spacial score (nSPS) is 10.6. The summed E-state index contributed by atoms with van der Waals surface area (Å²) in [6, 6.07) is 11.2. The molecule has 1 aromatic heterocycles. The Hall–Kier alpha value is -3.00. The van der Waals surface area contributed by atoms with Crippen molar-refractivity contribution in [2.75, 3.05) is 12.0 Å². The van der Waals surface area contributed by atoms with E-state index in [1.54, 1.807) is 37.3 Å². The van der Waals surface area contributed by atoms with Crippen LogP contribution in [-0.4, -0.2) is 34.6 Å². The standard InChI is InChI=1S/C24H20Cl3N3O4/c1-3-20(31)16-6-5-15(11-18(16)26)30(13-14-4-7-17(25)19(27)10-14)23(33)12-21(32)24-28-9-8-22(29-24)34-2/h4-11H,3,12-13H2,1-2H3. The molecule has 1 amide bonds. The molecule has 0 N–H and O–H groups in total. The van der Waals surface area contributed by atoms with Crippen LogP contribution in [0.2, 0.25) is 15.1 Å². The molecule has 0 aliphatic rings. The summed E-state index contributed by atoms with van der Waals surface area (Å²) in [6.45, 7) is 1.82. The van der Waals surface area contributed by atoms with Crippen LogP contribution in [0.1, 0.15) is 46.3 Å². The topological polar surface area (TPSA) is 89.5 Å². The summed E-state index contributed by atoms with van der Waals surface area (Å²) in [6.07, 6.45) is 1.17. The lowest BCUT2D eigenvalue weighted by atomic mass is 10.1. The Morgan fingerprint density at radius 3 is 2.35 bits per heavy atom. The number of Topliss-reactive ketones (excluding diaryl/α,β-unsaturated/α-hetero) is 2. The van der Waals surface area contributed by atoms with Crippen molar-refractivity contribution in [1.29, 1.82) is 0 Å². The third kappa shape index (κ3) is 6.11. The summed E-state index contributed by atoms with van der Waals surface area (Å²) >= 11 is 18.5. The number of methoxy groups -OCH3 is 1. The first-order valence-corrected chi connectivity index (χ1v) is 11.3. The van der Waals surface area contributed by atoms with Gasteiger partial charge in [-0.05, 0) is 35.9 Å². The molecule has 3 aromatic rings. The lowest BCUT2D eigenvalue weighted by Gasteiger charge is -2.24. The second-order valence-electron chi connectivity index (χ2n) is 7.19. The van der Waals surface area contributed by atoms with Crippen LogP contribution in [0.5, 0.6) is 5.88 Å². The Morgan fingerprint density at radius 1 is 0.941 bits per heavy atom. The van der Waals surface area contributed by atoms with Crippen molar-refractivity contribution in [1.82, 2.24) is 9.97 Å². The third-order valence-corrected chi connectivity index (χ3v) is 5.96. The SMILES string of the molecule is CCC(=O)c1ccc(N(Cc2ccc(Cl)c(Cl)c2)C(=O)CC(=O)c2nccc(OC)n2)cc1Cl. The van der Waals surface area contributed by atoms with Gasteiger partial charge in [-0.2, -0.15) is 4.98 Å². The predicted octanol–water partition coefficient (Wildman–Crippen LogP) is 5.84. The lowest BCUT2D eigenvalue weighted by molar-refractivity contribution is -0.117. The van der Waals surface area contributed by atoms with E-state index in [2.05, 4.69) is 9.97 Å². The quantitative estimate of drug-likeness (QED) is 0.260. The Morgan fingerprint density at radius 2 is 1.71 bits per heavy atom. The van der Waals surface area contributed by atoms with E-state index >= 15 is 0 Å². The molecule has 0 unspecified atom stereocenters. The van der Waals surface area contributed by atoms with Crippen molar-refractivity contribution in [3.8, 4) is 5.88 Å². The molecule has 0 radical (unpaired) electrons. The molecular formula is C24H20Cl3N3O4. The van der Waals surface area contributed by atoms with Gasteiger partial charge in [-0.3, -0.25) is 14.4 Å². The molecule has 0 aliphatic carbocycles. The summed E-state index contributed by atoms with van der Waals surface area (Å²) in [5.74, 6) is -1.14. The molecule has 0 atom stereocenters. The zero-order valence-corrected chi connectivity index (χ0v) is 20.6. The summed E-state index contributed by atoms with van der Waals surface area (Å²) < 4.78 is 5.02. The number of hydrogen-bond donors (Lipinski definition) is 0. The van der Waals surface area contributed by atoms with Crippen LogP contribution < -0.4 is 9.64 Å². The fourth-order valence-corrected chi connectivity index (χ4v) is 3.74. The van der Waals surface area contributed by atoms with Gasteiger partial charge in [0.05, 0.1) is 35.1 Å². The van der Waals surface area contributed by atoms with E-state index in [1.165, 1.54) is 30.3 Å². The molecular weight excluding hydrogens is 501 g/mol. The van der Waals surface area contributed by atoms with Gasteiger partial charge in [0.1, 0.15) is 0 Å². The molecule has 0 spiro atoms. The summed E-state index contributed by atoms with van der Waals surface area (Å²) in [4.78, 5) is 47.4. The molecule has 1 heterocycles. The maximum Gasteiger partial charge on any atom is 0.235 e. The lowest BCUT2D eigenvalue weighted by Crippen LogP contribution is -2.32. The van der Waals surface area contributed by atoms with Gasteiger partial charge >= 0.3 is 0 Å². The minimum atomic E-state index is -0.577. The first-order valence-electron chi connectivity index (χ1n) is 10.2. The van der Waals surface area contributed by atoms with Gasteiger partial charge in [-0.25, -0.2) is 4.98 Å². The predicted molar refractivity (Wildman–Crippen MR) is 131 cm³/mol. The number of carbonyl (C=O) groups excluding carboxylic acids is 3. The number of benzene rings is 2. The molecule has 0 saturated heterocycles. The van der Waals surface area contributed by atoms with Gasteiger partial charge in [-0.1, -0.05) is 47.8 Å². The molecule has 7 nitrogen and oxygen atoms in total. The fraction of sp³-hybridized carbons (Fsp3) is 0.208. The van der Waals surface area contributed by atoms with E-state index in [1.807, 2.05) is 0 Å². The number of amides is 1. The van der Waals surface area contributed by atoms with Gasteiger partial charge in [-0.15, -0.1) is 0 Å². The smallest absolute Gasteiger partial charge is 0.235 e. The van der Waals surface area contributed by atoms with E-state index in [9.17, 15) is 14.4 Å². The Kier molecular flexibility index (Phi) is 8.61. The Labute approximate surface area is 211 Å². The maximum atomic E-state index is 13.3. The van der Waals surface area contributed by atoms with Crippen molar-refractivity contribution >= 4 is 58.0 Å². The van der Waals surface area contributed by atoms with E-state index < -0.39 is 18.1 Å². The second-order valence-corrected chi connectivity index (χ2v) is 8.41. The van der Waals surface area contributed by atoms with E-state index in [4.69, 9.17) is 39.5 Å². The van der Waals surface area contributed by atoms with Gasteiger partial charge in [0.15, 0.2) is 11.6 Å². The molecule has 34 heavy (non-hydrogen) atoms. The number of rotatable bonds is 9. The van der Waals surface area contributed by atoms with Crippen LogP contribution in [0.4, 0.5) is 5.69 Å². The molecule has 2 aromatic carbocycles. The van der Waals surface area contributed by atoms with E-state index in [0.717, 1.165) is 0 Å². The highest BCUT2D eigenvalue weighted by Gasteiger charge is 2.23. The van der Waals surface area contributed by atoms with Gasteiger partial charge in [0.2, 0.25) is 17.6 Å². The summed E-state index contributed by atoms with van der Waals surface area (Å²) in [7, 11) is 1.41. The third-order valence-electron chi connectivity index (χ3n) is 4.91. The van der Waals surface area contributed by atoms with E-state index in [-0.39, 0.29) is 29.1 Å². The maximum absolute atomic E-state index is 13.3. The van der Waals surface area contributed by atoms with Crippen LogP contribution >= 0.6 is 34.8 Å². The molecule has 0 bridgehead atoms. The summed E-state index contributed by atoms with van der Waals surface area (Å²) in [5, 5.41) is 0.909. The number of aromatic nitrogens is 2.